The van der Waals surface area contributed by atoms with E-state index in [-0.39, 0.29) is 16.1 Å². The van der Waals surface area contributed by atoms with Crippen LogP contribution in [0, 0.1) is 18.3 Å². The Hall–Kier alpha value is -4.60. The largest absolute Gasteiger partial charge is 0.315 e. The molecule has 1 aliphatic rings. The highest BCUT2D eigenvalue weighted by molar-refractivity contribution is 7.89. The van der Waals surface area contributed by atoms with Gasteiger partial charge in [-0.3, -0.25) is 4.79 Å². The zero-order valence-corrected chi connectivity index (χ0v) is 23.7. The Morgan fingerprint density at radius 3 is 2.56 bits per heavy atom. The molecular weight excluding hydrogens is 540 g/mol. The van der Waals surface area contributed by atoms with Crippen molar-refractivity contribution in [3.63, 3.8) is 0 Å². The Morgan fingerprint density at radius 1 is 1.07 bits per heavy atom. The van der Waals surface area contributed by atoms with E-state index in [1.54, 1.807) is 37.2 Å². The van der Waals surface area contributed by atoms with Crippen LogP contribution in [0.15, 0.2) is 76.9 Å². The van der Waals surface area contributed by atoms with E-state index in [9.17, 15) is 18.5 Å². The third kappa shape index (κ3) is 4.53. The highest BCUT2D eigenvalue weighted by Crippen LogP contribution is 2.42. The molecule has 3 aromatic heterocycles. The molecule has 5 aromatic rings. The zero-order valence-electron chi connectivity index (χ0n) is 22.9. The fourth-order valence-corrected chi connectivity index (χ4v) is 7.32. The van der Waals surface area contributed by atoms with Crippen LogP contribution in [-0.2, 0) is 36.0 Å². The summed E-state index contributed by atoms with van der Waals surface area (Å²) < 4.78 is 31.7. The fourth-order valence-electron chi connectivity index (χ4n) is 5.91. The molecule has 0 radical (unpaired) electrons. The lowest BCUT2D eigenvalue weighted by Crippen LogP contribution is -2.36. The number of aryl methyl sites for hydroxylation is 3. The van der Waals surface area contributed by atoms with Crippen LogP contribution >= 0.6 is 0 Å². The van der Waals surface area contributed by atoms with Crippen molar-refractivity contribution in [1.29, 1.82) is 5.26 Å². The summed E-state index contributed by atoms with van der Waals surface area (Å²) in [6.45, 7) is 2.69. The first-order valence-electron chi connectivity index (χ1n) is 13.1. The summed E-state index contributed by atoms with van der Waals surface area (Å²) >= 11 is 0. The number of benzene rings is 2. The lowest BCUT2D eigenvalue weighted by molar-refractivity contribution is 0.412. The predicted molar refractivity (Wildman–Crippen MR) is 152 cm³/mol. The average Bonchev–Trinajstić information content (AvgIpc) is 3.69. The molecule has 1 saturated heterocycles. The van der Waals surface area contributed by atoms with Gasteiger partial charge in [0.15, 0.2) is 0 Å². The van der Waals surface area contributed by atoms with Gasteiger partial charge in [0.1, 0.15) is 11.6 Å². The monoisotopic (exact) mass is 568 g/mol. The van der Waals surface area contributed by atoms with Crippen molar-refractivity contribution >= 4 is 20.9 Å². The summed E-state index contributed by atoms with van der Waals surface area (Å²) in [5.74, 6) is 0. The molecule has 12 heteroatoms. The van der Waals surface area contributed by atoms with Crippen molar-refractivity contribution in [3.05, 3.63) is 99.7 Å². The van der Waals surface area contributed by atoms with Gasteiger partial charge in [0.25, 0.3) is 15.6 Å². The molecular formula is C29H28N8O3S. The Balaban J connectivity index is 1.46. The minimum absolute atomic E-state index is 0.0409. The first-order valence-corrected chi connectivity index (χ1v) is 14.6. The molecule has 1 atom stereocenters. The average molecular weight is 569 g/mol. The normalized spacial score (nSPS) is 17.7. The van der Waals surface area contributed by atoms with Crippen molar-refractivity contribution in [2.45, 2.75) is 30.2 Å². The predicted octanol–water partition coefficient (Wildman–Crippen LogP) is 2.61. The quantitative estimate of drug-likeness (QED) is 0.308. The van der Waals surface area contributed by atoms with E-state index in [0.717, 1.165) is 27.6 Å². The smallest absolute Gasteiger partial charge is 0.268 e. The molecule has 0 amide bonds. The lowest BCUT2D eigenvalue weighted by Gasteiger charge is -2.32. The summed E-state index contributed by atoms with van der Waals surface area (Å²) in [6, 6.07) is 17.7. The molecule has 1 unspecified atom stereocenters. The van der Waals surface area contributed by atoms with Gasteiger partial charge < -0.3 is 4.57 Å². The van der Waals surface area contributed by atoms with Crippen molar-refractivity contribution in [2.24, 2.45) is 14.1 Å². The zero-order chi connectivity index (χ0) is 28.9. The van der Waals surface area contributed by atoms with E-state index in [1.807, 2.05) is 37.3 Å². The molecule has 6 rings (SSSR count). The van der Waals surface area contributed by atoms with Gasteiger partial charge in [0.2, 0.25) is 5.03 Å². The molecule has 0 spiro atoms. The van der Waals surface area contributed by atoms with Gasteiger partial charge in [0, 0.05) is 44.2 Å². The van der Waals surface area contributed by atoms with Crippen molar-refractivity contribution in [2.75, 3.05) is 13.1 Å². The number of hydrogen-bond donors (Lipinski definition) is 0. The number of sulfonamides is 1. The molecule has 0 bridgehead atoms. The molecule has 1 aliphatic heterocycles. The molecule has 41 heavy (non-hydrogen) atoms. The second-order valence-electron chi connectivity index (χ2n) is 10.6. The second kappa shape index (κ2) is 9.79. The highest BCUT2D eigenvalue weighted by atomic mass is 32.2. The summed E-state index contributed by atoms with van der Waals surface area (Å²) in [4.78, 5) is 13.5. The minimum atomic E-state index is -3.82. The number of rotatable bonds is 6. The van der Waals surface area contributed by atoms with Crippen molar-refractivity contribution in [1.82, 2.24) is 33.6 Å². The fraction of sp³-hybridized carbons (Fsp3) is 0.276. The van der Waals surface area contributed by atoms with Crippen LogP contribution in [0.4, 0.5) is 0 Å². The molecule has 208 valence electrons. The number of nitriles is 1. The molecule has 11 nitrogen and oxygen atoms in total. The van der Waals surface area contributed by atoms with Gasteiger partial charge in [-0.15, -0.1) is 5.10 Å². The Bertz CT molecular complexity index is 2000. The second-order valence-corrected chi connectivity index (χ2v) is 12.5. The van der Waals surface area contributed by atoms with Crippen LogP contribution in [0.1, 0.15) is 28.7 Å². The topological polar surface area (TPSA) is 132 Å². The van der Waals surface area contributed by atoms with Crippen molar-refractivity contribution in [3.8, 4) is 11.8 Å². The number of pyridine rings is 1. The lowest BCUT2D eigenvalue weighted by atomic mass is 9.73. The van der Waals surface area contributed by atoms with Crippen LogP contribution < -0.4 is 5.56 Å². The molecule has 0 aliphatic carbocycles. The number of fused-ring (bicyclic) bond motifs is 1. The van der Waals surface area contributed by atoms with Crippen LogP contribution in [-0.4, -0.2) is 55.2 Å². The summed E-state index contributed by atoms with van der Waals surface area (Å²) in [6.07, 6.45) is 5.99. The van der Waals surface area contributed by atoms with Gasteiger partial charge in [-0.05, 0) is 54.7 Å². The van der Waals surface area contributed by atoms with Crippen LogP contribution in [0.2, 0.25) is 0 Å². The Kier molecular flexibility index (Phi) is 6.36. The van der Waals surface area contributed by atoms with E-state index in [1.165, 1.54) is 19.9 Å². The van der Waals surface area contributed by atoms with Gasteiger partial charge in [-0.25, -0.2) is 13.1 Å². The Labute approximate surface area is 236 Å². The summed E-state index contributed by atoms with van der Waals surface area (Å²) in [5, 5.41) is 22.9. The van der Waals surface area contributed by atoms with E-state index in [0.29, 0.717) is 31.6 Å². The standard InChI is InChI=1S/C29H28N8O3S/c1-20-11-26-23(16-32-37(26)24-12-22(15-30)28(38)34(2)18-24)13-25(20)29(14-21-7-5-4-6-8-21)9-10-36(19-29)41(39,40)27-17-31-35(3)33-27/h4-8,11-13,16-18H,9-10,14,19H2,1-3H3. The first kappa shape index (κ1) is 26.6. The molecule has 0 N–H and O–H groups in total. The SMILES string of the molecule is Cc1cc2c(cnn2-c2cc(C#N)c(=O)n(C)c2)cc1C1(Cc2ccccc2)CCN(S(=O)(=O)c2cnn(C)n2)C1. The van der Waals surface area contributed by atoms with Gasteiger partial charge in [-0.2, -0.15) is 24.6 Å². The van der Waals surface area contributed by atoms with Crippen LogP contribution in [0.25, 0.3) is 16.6 Å². The number of nitrogens with zero attached hydrogens (tertiary/aromatic N) is 8. The summed E-state index contributed by atoms with van der Waals surface area (Å²) in [5.41, 5.74) is 3.80. The van der Waals surface area contributed by atoms with Gasteiger partial charge in [-0.1, -0.05) is 30.3 Å². The van der Waals surface area contributed by atoms with E-state index < -0.39 is 15.4 Å². The highest BCUT2D eigenvalue weighted by Gasteiger charge is 2.45. The number of aromatic nitrogens is 6. The van der Waals surface area contributed by atoms with Crippen LogP contribution in [0.3, 0.4) is 0 Å². The van der Waals surface area contributed by atoms with E-state index >= 15 is 0 Å². The maximum atomic E-state index is 13.5. The summed E-state index contributed by atoms with van der Waals surface area (Å²) in [7, 11) is -0.621. The Morgan fingerprint density at radius 2 is 1.85 bits per heavy atom. The molecule has 4 heterocycles. The van der Waals surface area contributed by atoms with Gasteiger partial charge in [0.05, 0.1) is 23.6 Å². The van der Waals surface area contributed by atoms with E-state index in [2.05, 4.69) is 33.5 Å². The minimum Gasteiger partial charge on any atom is -0.315 e. The first-order chi connectivity index (χ1) is 19.6. The molecule has 0 saturated carbocycles. The van der Waals surface area contributed by atoms with Gasteiger partial charge >= 0.3 is 0 Å². The molecule has 2 aromatic carbocycles. The maximum Gasteiger partial charge on any atom is 0.268 e. The number of hydrogen-bond acceptors (Lipinski definition) is 7. The van der Waals surface area contributed by atoms with Crippen LogP contribution in [0.5, 0.6) is 0 Å². The maximum absolute atomic E-state index is 13.5. The third-order valence-corrected chi connectivity index (χ3v) is 9.61. The van der Waals surface area contributed by atoms with Crippen molar-refractivity contribution < 1.29 is 8.42 Å². The van der Waals surface area contributed by atoms with E-state index in [4.69, 9.17) is 0 Å². The third-order valence-electron chi connectivity index (χ3n) is 7.91. The molecule has 1 fully saturated rings.